The third kappa shape index (κ3) is 6.80. The molecule has 0 bridgehead atoms. The van der Waals surface area contributed by atoms with Crippen LogP contribution in [0.2, 0.25) is 0 Å². The summed E-state index contributed by atoms with van der Waals surface area (Å²) in [6.45, 7) is 8.39. The Balaban J connectivity index is 3.80. The summed E-state index contributed by atoms with van der Waals surface area (Å²) in [7, 11) is 0. The van der Waals surface area contributed by atoms with E-state index >= 15 is 0 Å². The van der Waals surface area contributed by atoms with Crippen molar-refractivity contribution in [1.29, 1.82) is 0 Å². The van der Waals surface area contributed by atoms with Gasteiger partial charge in [0.15, 0.2) is 0 Å². The maximum atomic E-state index is 11.7. The van der Waals surface area contributed by atoms with Gasteiger partial charge in [-0.3, -0.25) is 4.79 Å². The Morgan fingerprint density at radius 3 is 2.25 bits per heavy atom. The van der Waals surface area contributed by atoms with E-state index in [-0.39, 0.29) is 24.1 Å². The molecule has 1 amide bonds. The third-order valence-corrected chi connectivity index (χ3v) is 2.74. The molecule has 3 N–H and O–H groups in total. The number of rotatable bonds is 8. The van der Waals surface area contributed by atoms with Crippen LogP contribution in [0.5, 0.6) is 0 Å². The van der Waals surface area contributed by atoms with Gasteiger partial charge >= 0.3 is 0 Å². The van der Waals surface area contributed by atoms with Crippen LogP contribution in [-0.2, 0) is 4.79 Å². The van der Waals surface area contributed by atoms with Crippen molar-refractivity contribution < 1.29 is 9.90 Å². The molecule has 0 rings (SSSR count). The van der Waals surface area contributed by atoms with E-state index in [0.29, 0.717) is 13.0 Å². The summed E-state index contributed by atoms with van der Waals surface area (Å²) in [5, 5.41) is 15.2. The van der Waals surface area contributed by atoms with Crippen molar-refractivity contribution in [3.8, 4) is 0 Å². The van der Waals surface area contributed by atoms with Gasteiger partial charge in [0, 0.05) is 6.04 Å². The summed E-state index contributed by atoms with van der Waals surface area (Å²) in [5.74, 6) is 0.0410. The number of aliphatic hydroxyl groups excluding tert-OH is 1. The van der Waals surface area contributed by atoms with E-state index in [0.717, 1.165) is 12.8 Å². The summed E-state index contributed by atoms with van der Waals surface area (Å²) in [6, 6.07) is 0.0767. The van der Waals surface area contributed by atoms with Crippen molar-refractivity contribution in [3.63, 3.8) is 0 Å². The van der Waals surface area contributed by atoms with Crippen molar-refractivity contribution in [2.24, 2.45) is 0 Å². The van der Waals surface area contributed by atoms with Crippen LogP contribution in [0, 0.1) is 0 Å². The van der Waals surface area contributed by atoms with Crippen LogP contribution < -0.4 is 10.6 Å². The molecule has 96 valence electrons. The van der Waals surface area contributed by atoms with Crippen molar-refractivity contribution >= 4 is 5.91 Å². The molecule has 2 atom stereocenters. The van der Waals surface area contributed by atoms with Crippen molar-refractivity contribution in [2.45, 2.75) is 65.1 Å². The molecule has 2 unspecified atom stereocenters. The molecule has 0 aromatic carbocycles. The van der Waals surface area contributed by atoms with E-state index in [1.54, 1.807) is 6.92 Å². The lowest BCUT2D eigenvalue weighted by Gasteiger charge is -2.19. The van der Waals surface area contributed by atoms with Crippen LogP contribution in [-0.4, -0.2) is 35.7 Å². The van der Waals surface area contributed by atoms with E-state index in [1.807, 2.05) is 6.92 Å². The van der Waals surface area contributed by atoms with Crippen LogP contribution >= 0.6 is 0 Å². The fourth-order valence-electron chi connectivity index (χ4n) is 1.42. The highest BCUT2D eigenvalue weighted by molar-refractivity contribution is 5.81. The number of aliphatic hydroxyl groups is 1. The Hall–Kier alpha value is -0.610. The summed E-state index contributed by atoms with van der Waals surface area (Å²) in [4.78, 5) is 11.7. The zero-order valence-electron chi connectivity index (χ0n) is 10.9. The molecule has 0 aliphatic heterocycles. The number of hydrogen-bond donors (Lipinski definition) is 3. The minimum absolute atomic E-state index is 0.0410. The second kappa shape index (κ2) is 8.53. The van der Waals surface area contributed by atoms with Crippen LogP contribution in [0.3, 0.4) is 0 Å². The fourth-order valence-corrected chi connectivity index (χ4v) is 1.42. The molecule has 0 spiro atoms. The lowest BCUT2D eigenvalue weighted by Crippen LogP contribution is -2.46. The summed E-state index contributed by atoms with van der Waals surface area (Å²) in [5.41, 5.74) is 0. The van der Waals surface area contributed by atoms with Crippen molar-refractivity contribution in [1.82, 2.24) is 10.6 Å². The Morgan fingerprint density at radius 1 is 1.25 bits per heavy atom. The third-order valence-electron chi connectivity index (χ3n) is 2.74. The molecule has 0 aromatic rings. The zero-order chi connectivity index (χ0) is 12.6. The van der Waals surface area contributed by atoms with E-state index < -0.39 is 0 Å². The van der Waals surface area contributed by atoms with Gasteiger partial charge in [0.1, 0.15) is 0 Å². The van der Waals surface area contributed by atoms with Crippen molar-refractivity contribution in [2.75, 3.05) is 6.54 Å². The minimum Gasteiger partial charge on any atom is -0.393 e. The first kappa shape index (κ1) is 15.4. The van der Waals surface area contributed by atoms with Gasteiger partial charge in [0.25, 0.3) is 0 Å². The Labute approximate surface area is 98.8 Å². The summed E-state index contributed by atoms with van der Waals surface area (Å²) < 4.78 is 0. The first-order valence-electron chi connectivity index (χ1n) is 6.23. The lowest BCUT2D eigenvalue weighted by molar-refractivity contribution is -0.123. The van der Waals surface area contributed by atoms with E-state index in [2.05, 4.69) is 24.5 Å². The molecule has 16 heavy (non-hydrogen) atoms. The van der Waals surface area contributed by atoms with Gasteiger partial charge in [0.05, 0.1) is 12.1 Å². The quantitative estimate of drug-likeness (QED) is 0.584. The number of amides is 1. The van der Waals surface area contributed by atoms with E-state index in [9.17, 15) is 4.79 Å². The smallest absolute Gasteiger partial charge is 0.237 e. The minimum atomic E-state index is -0.318. The van der Waals surface area contributed by atoms with Gasteiger partial charge in [-0.25, -0.2) is 0 Å². The molecule has 4 nitrogen and oxygen atoms in total. The van der Waals surface area contributed by atoms with Gasteiger partial charge < -0.3 is 15.7 Å². The maximum absolute atomic E-state index is 11.7. The number of hydrogen-bond acceptors (Lipinski definition) is 3. The standard InChI is InChI=1S/C12H26N2O2/c1-5-11(6-2)14-12(16)10(4)13-8-7-9(3)15/h9-11,13,15H,5-8H2,1-4H3,(H,14,16). The summed E-state index contributed by atoms with van der Waals surface area (Å²) >= 11 is 0. The first-order chi connectivity index (χ1) is 7.51. The highest BCUT2D eigenvalue weighted by Crippen LogP contribution is 1.97. The molecule has 4 heteroatoms. The molecular formula is C12H26N2O2. The SMILES string of the molecule is CCC(CC)NC(=O)C(C)NCCC(C)O. The predicted octanol–water partition coefficient (Wildman–Crippen LogP) is 1.04. The normalized spacial score (nSPS) is 14.9. The molecule has 0 fully saturated rings. The molecule has 0 aliphatic carbocycles. The molecule has 0 radical (unpaired) electrons. The fraction of sp³-hybridized carbons (Fsp3) is 0.917. The first-order valence-corrected chi connectivity index (χ1v) is 6.23. The van der Waals surface area contributed by atoms with E-state index in [1.165, 1.54) is 0 Å². The Kier molecular flexibility index (Phi) is 8.21. The monoisotopic (exact) mass is 230 g/mol. The van der Waals surface area contributed by atoms with E-state index in [4.69, 9.17) is 5.11 Å². The second-order valence-electron chi connectivity index (χ2n) is 4.34. The maximum Gasteiger partial charge on any atom is 0.237 e. The molecule has 0 saturated carbocycles. The predicted molar refractivity (Wildman–Crippen MR) is 66.3 cm³/mol. The molecular weight excluding hydrogens is 204 g/mol. The second-order valence-corrected chi connectivity index (χ2v) is 4.34. The van der Waals surface area contributed by atoms with Crippen LogP contribution in [0.25, 0.3) is 0 Å². The lowest BCUT2D eigenvalue weighted by atomic mass is 10.1. The largest absolute Gasteiger partial charge is 0.393 e. The van der Waals surface area contributed by atoms with Gasteiger partial charge in [0.2, 0.25) is 5.91 Å². The van der Waals surface area contributed by atoms with Crippen molar-refractivity contribution in [3.05, 3.63) is 0 Å². The average Bonchev–Trinajstić information content (AvgIpc) is 2.24. The highest BCUT2D eigenvalue weighted by Gasteiger charge is 2.14. The Morgan fingerprint density at radius 2 is 1.81 bits per heavy atom. The van der Waals surface area contributed by atoms with Gasteiger partial charge in [-0.05, 0) is 39.7 Å². The molecule has 0 heterocycles. The van der Waals surface area contributed by atoms with Gasteiger partial charge in [-0.1, -0.05) is 13.8 Å². The number of carbonyl (C=O) groups excluding carboxylic acids is 1. The molecule has 0 aromatic heterocycles. The summed E-state index contributed by atoms with van der Waals surface area (Å²) in [6.07, 6.45) is 2.27. The number of nitrogens with one attached hydrogen (secondary N) is 2. The molecule has 0 saturated heterocycles. The van der Waals surface area contributed by atoms with Gasteiger partial charge in [-0.15, -0.1) is 0 Å². The van der Waals surface area contributed by atoms with Crippen LogP contribution in [0.1, 0.15) is 47.0 Å². The zero-order valence-corrected chi connectivity index (χ0v) is 10.9. The van der Waals surface area contributed by atoms with Crippen LogP contribution in [0.4, 0.5) is 0 Å². The average molecular weight is 230 g/mol. The van der Waals surface area contributed by atoms with Crippen LogP contribution in [0.15, 0.2) is 0 Å². The highest BCUT2D eigenvalue weighted by atomic mass is 16.3. The Bertz CT molecular complexity index is 191. The van der Waals surface area contributed by atoms with Gasteiger partial charge in [-0.2, -0.15) is 0 Å². The number of carbonyl (C=O) groups is 1. The topological polar surface area (TPSA) is 61.4 Å². The molecule has 0 aliphatic rings.